The standard InChI is InChI=1S/C19H26N2O4/c1-13(22)14-3-2-4-15(11-14)18(24)21-8-5-19(6-9-21)16(23)12-17(19)25-10-7-20/h2-4,11,16-17,23H,5-10,12,20H2,1H3/t16-,17+/m1/s1. The monoisotopic (exact) mass is 346 g/mol. The summed E-state index contributed by atoms with van der Waals surface area (Å²) in [6.45, 7) is 3.64. The summed E-state index contributed by atoms with van der Waals surface area (Å²) in [5.74, 6) is -0.115. The van der Waals surface area contributed by atoms with Crippen molar-refractivity contribution in [2.24, 2.45) is 11.1 Å². The maximum absolute atomic E-state index is 12.7. The average molecular weight is 346 g/mol. The lowest BCUT2D eigenvalue weighted by Crippen LogP contribution is -2.62. The molecule has 3 N–H and O–H groups in total. The third kappa shape index (κ3) is 3.34. The van der Waals surface area contributed by atoms with E-state index in [4.69, 9.17) is 10.5 Å². The van der Waals surface area contributed by atoms with Gasteiger partial charge in [0.1, 0.15) is 0 Å². The molecule has 1 aliphatic heterocycles. The number of rotatable bonds is 5. The quantitative estimate of drug-likeness (QED) is 0.782. The number of benzene rings is 1. The molecule has 1 aliphatic carbocycles. The third-order valence-electron chi connectivity index (χ3n) is 5.68. The minimum absolute atomic E-state index is 0.0318. The fourth-order valence-electron chi connectivity index (χ4n) is 4.01. The van der Waals surface area contributed by atoms with Gasteiger partial charge < -0.3 is 20.5 Å². The zero-order valence-corrected chi connectivity index (χ0v) is 14.6. The summed E-state index contributed by atoms with van der Waals surface area (Å²) in [7, 11) is 0. The Bertz CT molecular complexity index is 653. The highest BCUT2D eigenvalue weighted by molar-refractivity contribution is 5.99. The van der Waals surface area contributed by atoms with Gasteiger partial charge in [0.05, 0.1) is 18.8 Å². The normalized spacial score (nSPS) is 24.8. The molecule has 2 fully saturated rings. The van der Waals surface area contributed by atoms with E-state index in [0.29, 0.717) is 43.8 Å². The minimum atomic E-state index is -0.367. The van der Waals surface area contributed by atoms with E-state index in [0.717, 1.165) is 12.8 Å². The lowest BCUT2D eigenvalue weighted by molar-refractivity contribution is -0.207. The Labute approximate surface area is 147 Å². The minimum Gasteiger partial charge on any atom is -0.392 e. The van der Waals surface area contributed by atoms with Crippen molar-refractivity contribution in [2.45, 2.75) is 38.4 Å². The van der Waals surface area contributed by atoms with E-state index in [9.17, 15) is 14.7 Å². The second-order valence-electron chi connectivity index (χ2n) is 7.06. The van der Waals surface area contributed by atoms with Crippen LogP contribution in [0.4, 0.5) is 0 Å². The Hall–Kier alpha value is -1.76. The zero-order chi connectivity index (χ0) is 18.0. The molecule has 3 rings (SSSR count). The van der Waals surface area contributed by atoms with Crippen LogP contribution in [0.25, 0.3) is 0 Å². The number of ether oxygens (including phenoxy) is 1. The van der Waals surface area contributed by atoms with Crippen molar-refractivity contribution in [1.29, 1.82) is 0 Å². The van der Waals surface area contributed by atoms with Crippen LogP contribution in [-0.2, 0) is 4.74 Å². The Morgan fingerprint density at radius 1 is 1.32 bits per heavy atom. The molecule has 1 spiro atoms. The topological polar surface area (TPSA) is 92.9 Å². The first-order valence-corrected chi connectivity index (χ1v) is 8.88. The molecular formula is C19H26N2O4. The summed E-state index contributed by atoms with van der Waals surface area (Å²) >= 11 is 0. The summed E-state index contributed by atoms with van der Waals surface area (Å²) in [5.41, 5.74) is 6.34. The number of amides is 1. The van der Waals surface area contributed by atoms with Crippen molar-refractivity contribution in [3.8, 4) is 0 Å². The molecule has 1 aromatic rings. The molecule has 1 amide bonds. The molecule has 0 radical (unpaired) electrons. The molecule has 1 saturated carbocycles. The SMILES string of the molecule is CC(=O)c1cccc(C(=O)N2CCC3(CC2)[C@H](O)C[C@@H]3OCCN)c1. The smallest absolute Gasteiger partial charge is 0.253 e. The van der Waals surface area contributed by atoms with Gasteiger partial charge in [-0.15, -0.1) is 0 Å². The van der Waals surface area contributed by atoms with Gasteiger partial charge in [-0.3, -0.25) is 9.59 Å². The van der Waals surface area contributed by atoms with Crippen molar-refractivity contribution < 1.29 is 19.4 Å². The van der Waals surface area contributed by atoms with E-state index in [1.54, 1.807) is 29.2 Å². The molecule has 6 nitrogen and oxygen atoms in total. The molecule has 136 valence electrons. The fourth-order valence-corrected chi connectivity index (χ4v) is 4.01. The van der Waals surface area contributed by atoms with Crippen molar-refractivity contribution >= 4 is 11.7 Å². The van der Waals surface area contributed by atoms with Crippen LogP contribution in [0.3, 0.4) is 0 Å². The molecule has 1 aromatic carbocycles. The Morgan fingerprint density at radius 2 is 2.00 bits per heavy atom. The number of ketones is 1. The molecule has 2 atom stereocenters. The van der Waals surface area contributed by atoms with Gasteiger partial charge in [0, 0.05) is 42.6 Å². The number of aliphatic hydroxyl groups excluding tert-OH is 1. The van der Waals surface area contributed by atoms with Crippen LogP contribution < -0.4 is 5.73 Å². The highest BCUT2D eigenvalue weighted by Crippen LogP contribution is 2.51. The number of carbonyl (C=O) groups is 2. The van der Waals surface area contributed by atoms with Crippen molar-refractivity contribution in [3.63, 3.8) is 0 Å². The molecule has 0 bridgehead atoms. The van der Waals surface area contributed by atoms with Gasteiger partial charge in [-0.25, -0.2) is 0 Å². The van der Waals surface area contributed by atoms with Crippen molar-refractivity contribution in [3.05, 3.63) is 35.4 Å². The molecule has 6 heteroatoms. The predicted octanol–water partition coefficient (Wildman–Crippen LogP) is 1.22. The van der Waals surface area contributed by atoms with E-state index >= 15 is 0 Å². The number of hydrogen-bond donors (Lipinski definition) is 2. The molecule has 0 aromatic heterocycles. The molecule has 1 saturated heterocycles. The van der Waals surface area contributed by atoms with Crippen LogP contribution in [0.2, 0.25) is 0 Å². The maximum Gasteiger partial charge on any atom is 0.253 e. The first kappa shape index (κ1) is 18.0. The van der Waals surface area contributed by atoms with Crippen LogP contribution in [0.1, 0.15) is 46.9 Å². The van der Waals surface area contributed by atoms with Gasteiger partial charge in [0.25, 0.3) is 5.91 Å². The summed E-state index contributed by atoms with van der Waals surface area (Å²) in [4.78, 5) is 26.0. The number of nitrogens with two attached hydrogens (primary N) is 1. The molecule has 25 heavy (non-hydrogen) atoms. The highest BCUT2D eigenvalue weighted by Gasteiger charge is 2.56. The van der Waals surface area contributed by atoms with E-state index in [-0.39, 0.29) is 29.3 Å². The summed E-state index contributed by atoms with van der Waals surface area (Å²) in [6, 6.07) is 6.85. The zero-order valence-electron chi connectivity index (χ0n) is 14.6. The number of Topliss-reactive ketones (excluding diaryl/α,β-unsaturated/α-hetero) is 1. The van der Waals surface area contributed by atoms with Crippen LogP contribution in [0, 0.1) is 5.41 Å². The Kier molecular flexibility index (Phi) is 5.22. The van der Waals surface area contributed by atoms with E-state index in [2.05, 4.69) is 0 Å². The van der Waals surface area contributed by atoms with Crippen LogP contribution in [0.5, 0.6) is 0 Å². The molecule has 1 heterocycles. The lowest BCUT2D eigenvalue weighted by atomic mass is 9.58. The highest BCUT2D eigenvalue weighted by atomic mass is 16.5. The van der Waals surface area contributed by atoms with Crippen LogP contribution in [-0.4, -0.2) is 60.1 Å². The number of carbonyl (C=O) groups excluding carboxylic acids is 2. The van der Waals surface area contributed by atoms with Crippen molar-refractivity contribution in [1.82, 2.24) is 4.90 Å². The molecular weight excluding hydrogens is 320 g/mol. The molecule has 2 aliphatic rings. The number of likely N-dealkylation sites (tertiary alicyclic amines) is 1. The number of hydrogen-bond acceptors (Lipinski definition) is 5. The van der Waals surface area contributed by atoms with Gasteiger partial charge in [0.15, 0.2) is 5.78 Å². The van der Waals surface area contributed by atoms with Crippen molar-refractivity contribution in [2.75, 3.05) is 26.2 Å². The van der Waals surface area contributed by atoms with Gasteiger partial charge in [-0.2, -0.15) is 0 Å². The second-order valence-corrected chi connectivity index (χ2v) is 7.06. The Morgan fingerprint density at radius 3 is 2.60 bits per heavy atom. The average Bonchev–Trinajstić information content (AvgIpc) is 2.64. The summed E-state index contributed by atoms with van der Waals surface area (Å²) in [5, 5.41) is 10.3. The second kappa shape index (κ2) is 7.23. The van der Waals surface area contributed by atoms with Crippen LogP contribution >= 0.6 is 0 Å². The maximum atomic E-state index is 12.7. The fraction of sp³-hybridized carbons (Fsp3) is 0.579. The van der Waals surface area contributed by atoms with E-state index in [1.807, 2.05) is 0 Å². The first-order chi connectivity index (χ1) is 12.0. The van der Waals surface area contributed by atoms with Gasteiger partial charge in [-0.1, -0.05) is 12.1 Å². The third-order valence-corrected chi connectivity index (χ3v) is 5.68. The summed E-state index contributed by atoms with van der Waals surface area (Å²) < 4.78 is 5.79. The number of nitrogens with zero attached hydrogens (tertiary/aromatic N) is 1. The van der Waals surface area contributed by atoms with Gasteiger partial charge in [0.2, 0.25) is 0 Å². The largest absolute Gasteiger partial charge is 0.392 e. The number of aliphatic hydroxyl groups is 1. The summed E-state index contributed by atoms with van der Waals surface area (Å²) in [6.07, 6.45) is 1.76. The number of piperidine rings is 1. The van der Waals surface area contributed by atoms with Gasteiger partial charge in [-0.05, 0) is 31.9 Å². The first-order valence-electron chi connectivity index (χ1n) is 8.88. The van der Waals surface area contributed by atoms with Gasteiger partial charge >= 0.3 is 0 Å². The predicted molar refractivity (Wildman–Crippen MR) is 93.4 cm³/mol. The van der Waals surface area contributed by atoms with E-state index in [1.165, 1.54) is 6.92 Å². The van der Waals surface area contributed by atoms with Crippen LogP contribution in [0.15, 0.2) is 24.3 Å². The lowest BCUT2D eigenvalue weighted by Gasteiger charge is -2.56. The Balaban J connectivity index is 1.65. The van der Waals surface area contributed by atoms with E-state index < -0.39 is 0 Å². The molecule has 0 unspecified atom stereocenters.